The van der Waals surface area contributed by atoms with E-state index in [1.807, 2.05) is 0 Å². The van der Waals surface area contributed by atoms with Crippen LogP contribution in [0.25, 0.3) is 4.85 Å². The van der Waals surface area contributed by atoms with Crippen molar-refractivity contribution in [1.29, 1.82) is 5.26 Å². The third kappa shape index (κ3) is 1.63. The van der Waals surface area contributed by atoms with Crippen LogP contribution in [0, 0.1) is 17.9 Å². The maximum atomic E-state index is 8.54. The smallest absolute Gasteiger partial charge is 0.267 e. The lowest BCUT2D eigenvalue weighted by Crippen LogP contribution is -1.74. The van der Waals surface area contributed by atoms with Gasteiger partial charge in [0.1, 0.15) is 11.8 Å². The molecule has 0 saturated carbocycles. The number of nitrogens with one attached hydrogen (secondary N) is 1. The average Bonchev–Trinajstić information content (AvgIpc) is 2.56. The quantitative estimate of drug-likeness (QED) is 0.415. The highest BCUT2D eigenvalue weighted by molar-refractivity contribution is 5.71. The van der Waals surface area contributed by atoms with Gasteiger partial charge < -0.3 is 4.74 Å². The van der Waals surface area contributed by atoms with Crippen molar-refractivity contribution in [3.05, 3.63) is 17.1 Å². The number of aromatic amines is 1. The van der Waals surface area contributed by atoms with E-state index in [0.29, 0.717) is 0 Å². The normalized spacial score (nSPS) is 9.46. The summed E-state index contributed by atoms with van der Waals surface area (Å²) in [6.45, 7) is 6.78. The van der Waals surface area contributed by atoms with E-state index >= 15 is 0 Å². The zero-order chi connectivity index (χ0) is 9.68. The molecule has 6 nitrogen and oxygen atoms in total. The van der Waals surface area contributed by atoms with Crippen LogP contribution in [-0.4, -0.2) is 23.7 Å². The first kappa shape index (κ1) is 8.75. The van der Waals surface area contributed by atoms with Gasteiger partial charge in [-0.05, 0) is 0 Å². The monoisotopic (exact) mass is 175 g/mol. The molecule has 1 aromatic rings. The molecule has 6 heteroatoms. The summed E-state index contributed by atoms with van der Waals surface area (Å²) in [7, 11) is 1.43. The molecule has 0 fully saturated rings. The molecule has 0 saturated heterocycles. The van der Waals surface area contributed by atoms with Crippen molar-refractivity contribution < 1.29 is 4.74 Å². The Morgan fingerprint density at radius 1 is 1.85 bits per heavy atom. The van der Waals surface area contributed by atoms with Gasteiger partial charge in [0.25, 0.3) is 5.69 Å². The topological polar surface area (TPSA) is 78.4 Å². The molecule has 0 aliphatic heterocycles. The van der Waals surface area contributed by atoms with E-state index in [9.17, 15) is 0 Å². The molecular weight excluding hydrogens is 170 g/mol. The maximum absolute atomic E-state index is 8.54. The number of ether oxygens (including phenoxy) is 1. The molecule has 0 radical (unpaired) electrons. The molecule has 64 valence electrons. The summed E-state index contributed by atoms with van der Waals surface area (Å²) in [5.41, 5.74) is 0.217. The summed E-state index contributed by atoms with van der Waals surface area (Å²) in [6, 6.07) is 1.80. The van der Waals surface area contributed by atoms with Crippen LogP contribution in [0.4, 0.5) is 11.5 Å². The minimum absolute atomic E-state index is 0.107. The van der Waals surface area contributed by atoms with Crippen LogP contribution >= 0.6 is 0 Å². The molecule has 1 rings (SSSR count). The van der Waals surface area contributed by atoms with Crippen LogP contribution in [-0.2, 0) is 4.74 Å². The molecule has 0 aliphatic carbocycles. The van der Waals surface area contributed by atoms with Gasteiger partial charge in [-0.3, -0.25) is 5.10 Å². The fourth-order valence-electron chi connectivity index (χ4n) is 0.703. The van der Waals surface area contributed by atoms with Gasteiger partial charge in [-0.2, -0.15) is 10.4 Å². The van der Waals surface area contributed by atoms with Crippen LogP contribution in [0.15, 0.2) is 4.99 Å². The average molecular weight is 175 g/mol. The van der Waals surface area contributed by atoms with Crippen LogP contribution < -0.4 is 0 Å². The van der Waals surface area contributed by atoms with Gasteiger partial charge in [0, 0.05) is 0 Å². The van der Waals surface area contributed by atoms with Crippen LogP contribution in [0.3, 0.4) is 0 Å². The lowest BCUT2D eigenvalue weighted by Gasteiger charge is -1.85. The summed E-state index contributed by atoms with van der Waals surface area (Å²) in [6.07, 6.45) is 1.14. The third-order valence-electron chi connectivity index (χ3n) is 1.23. The van der Waals surface area contributed by atoms with Crippen molar-refractivity contribution in [2.75, 3.05) is 7.11 Å². The second kappa shape index (κ2) is 3.88. The summed E-state index contributed by atoms with van der Waals surface area (Å²) < 4.78 is 4.56. The van der Waals surface area contributed by atoms with Crippen molar-refractivity contribution in [2.24, 2.45) is 4.99 Å². The summed E-state index contributed by atoms with van der Waals surface area (Å²) >= 11 is 0. The van der Waals surface area contributed by atoms with E-state index in [2.05, 4.69) is 24.8 Å². The minimum atomic E-state index is 0.107. The molecule has 1 N–H and O–H groups in total. The number of methoxy groups -OCH3 is 1. The molecule has 0 atom stereocenters. The number of hydrogen-bond donors (Lipinski definition) is 1. The highest BCUT2D eigenvalue weighted by Crippen LogP contribution is 2.27. The van der Waals surface area contributed by atoms with E-state index in [-0.39, 0.29) is 17.2 Å². The van der Waals surface area contributed by atoms with E-state index in [1.54, 1.807) is 6.07 Å². The first-order valence-corrected chi connectivity index (χ1v) is 3.24. The first-order valence-electron chi connectivity index (χ1n) is 3.24. The van der Waals surface area contributed by atoms with Crippen LogP contribution in [0.2, 0.25) is 0 Å². The van der Waals surface area contributed by atoms with Crippen molar-refractivity contribution in [1.82, 2.24) is 10.2 Å². The van der Waals surface area contributed by atoms with Gasteiger partial charge in [-0.15, -0.1) is 0 Å². The highest BCUT2D eigenvalue weighted by atomic mass is 16.5. The molecule has 0 bridgehead atoms. The van der Waals surface area contributed by atoms with Gasteiger partial charge in [0.2, 0.25) is 0 Å². The van der Waals surface area contributed by atoms with E-state index in [0.717, 1.165) is 6.40 Å². The Morgan fingerprint density at radius 3 is 3.15 bits per heavy atom. The van der Waals surface area contributed by atoms with E-state index in [1.165, 1.54) is 7.11 Å². The van der Waals surface area contributed by atoms with Crippen molar-refractivity contribution in [2.45, 2.75) is 0 Å². The Balaban J connectivity index is 3.12. The molecule has 1 heterocycles. The summed E-state index contributed by atoms with van der Waals surface area (Å²) in [5.74, 6) is 0.161. The number of hydrogen-bond acceptors (Lipinski definition) is 4. The predicted octanol–water partition coefficient (Wildman–Crippen LogP) is 1.14. The lowest BCUT2D eigenvalue weighted by molar-refractivity contribution is 0.423. The van der Waals surface area contributed by atoms with Crippen molar-refractivity contribution in [3.63, 3.8) is 0 Å². The SMILES string of the molecule is [C-]#[N+]c1c(N=COC)n[nH]c1C#N. The van der Waals surface area contributed by atoms with Gasteiger partial charge in [0.15, 0.2) is 12.2 Å². The number of H-pyrrole nitrogens is 1. The van der Waals surface area contributed by atoms with Crippen LogP contribution in [0.1, 0.15) is 5.69 Å². The number of rotatable bonds is 2. The molecule has 0 spiro atoms. The molecule has 13 heavy (non-hydrogen) atoms. The second-order valence-electron chi connectivity index (χ2n) is 1.96. The first-order chi connectivity index (χ1) is 6.33. The number of nitrogens with zero attached hydrogens (tertiary/aromatic N) is 4. The minimum Gasteiger partial charge on any atom is -0.486 e. The lowest BCUT2D eigenvalue weighted by atomic mass is 10.4. The predicted molar refractivity (Wildman–Crippen MR) is 44.7 cm³/mol. The Hall–Kier alpha value is -2.34. The molecule has 1 aromatic heterocycles. The number of aromatic nitrogens is 2. The zero-order valence-corrected chi connectivity index (χ0v) is 6.77. The Morgan fingerprint density at radius 2 is 2.62 bits per heavy atom. The van der Waals surface area contributed by atoms with Crippen molar-refractivity contribution in [3.8, 4) is 6.07 Å². The van der Waals surface area contributed by atoms with E-state index < -0.39 is 0 Å². The fourth-order valence-corrected chi connectivity index (χ4v) is 0.703. The Labute approximate surface area is 74.3 Å². The fraction of sp³-hybridized carbons (Fsp3) is 0.143. The third-order valence-corrected chi connectivity index (χ3v) is 1.23. The van der Waals surface area contributed by atoms with Gasteiger partial charge in [-0.25, -0.2) is 9.84 Å². The van der Waals surface area contributed by atoms with Gasteiger partial charge in [0.05, 0.1) is 13.7 Å². The standard InChI is InChI=1S/C7H5N5O/c1-9-6-5(3-8)11-12-7(6)10-4-13-2/h4H,2H3,(H,11,12). The molecular formula is C7H5N5O. The Bertz CT molecular complexity index is 405. The maximum Gasteiger partial charge on any atom is 0.267 e. The largest absolute Gasteiger partial charge is 0.486 e. The second-order valence-corrected chi connectivity index (χ2v) is 1.96. The summed E-state index contributed by atoms with van der Waals surface area (Å²) in [5, 5.41) is 14.6. The number of aliphatic imine (C=N–C) groups is 1. The Kier molecular flexibility index (Phi) is 2.61. The van der Waals surface area contributed by atoms with Gasteiger partial charge in [-0.1, -0.05) is 0 Å². The number of nitriles is 1. The zero-order valence-electron chi connectivity index (χ0n) is 6.77. The molecule has 0 aromatic carbocycles. The molecule has 0 aliphatic rings. The van der Waals surface area contributed by atoms with Crippen LogP contribution in [0.5, 0.6) is 0 Å². The summed E-state index contributed by atoms with van der Waals surface area (Å²) in [4.78, 5) is 6.83. The van der Waals surface area contributed by atoms with Gasteiger partial charge >= 0.3 is 0 Å². The highest BCUT2D eigenvalue weighted by Gasteiger charge is 2.11. The molecule has 0 unspecified atom stereocenters. The van der Waals surface area contributed by atoms with E-state index in [4.69, 9.17) is 11.8 Å². The van der Waals surface area contributed by atoms with Crippen molar-refractivity contribution >= 4 is 17.9 Å². The molecule has 0 amide bonds.